The summed E-state index contributed by atoms with van der Waals surface area (Å²) in [5.41, 5.74) is 8.54. The van der Waals surface area contributed by atoms with Gasteiger partial charge in [0, 0.05) is 0 Å². The quantitative estimate of drug-likeness (QED) is 0.274. The maximum atomic E-state index is 10.8. The van der Waals surface area contributed by atoms with Crippen LogP contribution in [0.4, 0.5) is 0 Å². The summed E-state index contributed by atoms with van der Waals surface area (Å²) in [4.78, 5) is 2.47. The third-order valence-corrected chi connectivity index (χ3v) is 2.41. The molecule has 0 aromatic heterocycles. The van der Waals surface area contributed by atoms with Gasteiger partial charge in [-0.15, -0.1) is 0 Å². The van der Waals surface area contributed by atoms with Gasteiger partial charge in [-0.25, -0.2) is 8.42 Å². The Balaban J connectivity index is 4.05. The van der Waals surface area contributed by atoms with Gasteiger partial charge in [-0.2, -0.15) is 4.79 Å². The number of hydrogen-bond acceptors (Lipinski definition) is 2. The van der Waals surface area contributed by atoms with E-state index in [0.29, 0.717) is 17.9 Å². The Bertz CT molecular complexity index is 250. The Labute approximate surface area is 66.8 Å². The van der Waals surface area contributed by atoms with Crippen molar-refractivity contribution < 1.29 is 13.2 Å². The van der Waals surface area contributed by atoms with E-state index in [1.807, 2.05) is 13.8 Å². The first-order valence-electron chi connectivity index (χ1n) is 3.38. The van der Waals surface area contributed by atoms with E-state index in [0.717, 1.165) is 0 Å². The number of sulfone groups is 1. The summed E-state index contributed by atoms with van der Waals surface area (Å²) >= 11 is 0. The van der Waals surface area contributed by atoms with Crippen LogP contribution in [-0.2, 0) is 9.84 Å². The zero-order valence-corrected chi connectivity index (χ0v) is 7.50. The number of rotatable bonds is 4. The van der Waals surface area contributed by atoms with Crippen LogP contribution in [0.15, 0.2) is 0 Å². The minimum Gasteiger partial charge on any atom is -0.361 e. The van der Waals surface area contributed by atoms with Crippen molar-refractivity contribution in [2.24, 2.45) is 5.92 Å². The fourth-order valence-electron chi connectivity index (χ4n) is 0.524. The van der Waals surface area contributed by atoms with Crippen LogP contribution in [-0.4, -0.2) is 24.5 Å². The molecule has 4 nitrogen and oxygen atoms in total. The third-order valence-electron chi connectivity index (χ3n) is 1.19. The van der Waals surface area contributed by atoms with E-state index in [4.69, 9.17) is 5.53 Å². The van der Waals surface area contributed by atoms with Gasteiger partial charge in [0.2, 0.25) is 9.84 Å². The van der Waals surface area contributed by atoms with Gasteiger partial charge in [-0.05, 0) is 12.3 Å². The van der Waals surface area contributed by atoms with Gasteiger partial charge < -0.3 is 5.53 Å². The Morgan fingerprint density at radius 3 is 2.45 bits per heavy atom. The maximum absolute atomic E-state index is 10.8. The molecule has 0 N–H and O–H groups in total. The highest BCUT2D eigenvalue weighted by molar-refractivity contribution is 8.04. The molecule has 0 saturated heterocycles. The van der Waals surface area contributed by atoms with E-state index in [1.165, 1.54) is 0 Å². The van der Waals surface area contributed by atoms with Crippen LogP contribution in [0.3, 0.4) is 0 Å². The Kier molecular flexibility index (Phi) is 4.00. The van der Waals surface area contributed by atoms with Crippen molar-refractivity contribution in [3.63, 3.8) is 0 Å². The van der Waals surface area contributed by atoms with Crippen LogP contribution < -0.4 is 0 Å². The van der Waals surface area contributed by atoms with Crippen molar-refractivity contribution in [3.8, 4) is 0 Å². The summed E-state index contributed by atoms with van der Waals surface area (Å²) in [6.45, 7) is 3.87. The van der Waals surface area contributed by atoms with Crippen LogP contribution in [0.25, 0.3) is 5.53 Å². The maximum Gasteiger partial charge on any atom is 0.370 e. The molecule has 11 heavy (non-hydrogen) atoms. The molecule has 0 radical (unpaired) electrons. The molecule has 5 heteroatoms. The van der Waals surface area contributed by atoms with Crippen LogP contribution in [0.1, 0.15) is 20.3 Å². The van der Waals surface area contributed by atoms with Gasteiger partial charge >= 0.3 is 5.55 Å². The summed E-state index contributed by atoms with van der Waals surface area (Å²) in [5.74, 6) is 0.395. The van der Waals surface area contributed by atoms with Crippen molar-refractivity contribution in [3.05, 3.63) is 5.53 Å². The first kappa shape index (κ1) is 10.3. The molecule has 0 aliphatic heterocycles. The van der Waals surface area contributed by atoms with Crippen molar-refractivity contribution in [2.45, 2.75) is 20.3 Å². The van der Waals surface area contributed by atoms with E-state index in [1.54, 1.807) is 0 Å². The lowest BCUT2D eigenvalue weighted by atomic mass is 10.2. The predicted octanol–water partition coefficient (Wildman–Crippen LogP) is 0.705. The highest BCUT2D eigenvalue weighted by atomic mass is 32.2. The van der Waals surface area contributed by atoms with Crippen molar-refractivity contribution in [1.29, 1.82) is 0 Å². The summed E-state index contributed by atoms with van der Waals surface area (Å²) < 4.78 is 21.7. The van der Waals surface area contributed by atoms with E-state index < -0.39 is 9.84 Å². The molecule has 0 amide bonds. The van der Waals surface area contributed by atoms with Crippen LogP contribution >= 0.6 is 0 Å². The first-order chi connectivity index (χ1) is 4.98. The second-order valence-corrected chi connectivity index (χ2v) is 4.72. The molecule has 0 spiro atoms. The van der Waals surface area contributed by atoms with Crippen LogP contribution in [0.5, 0.6) is 0 Å². The van der Waals surface area contributed by atoms with E-state index in [-0.39, 0.29) is 5.75 Å². The molecule has 0 aromatic rings. The molecular formula is C6H12N2O2S. The molecule has 0 saturated carbocycles. The lowest BCUT2D eigenvalue weighted by molar-refractivity contribution is 0.00753. The van der Waals surface area contributed by atoms with Crippen LogP contribution in [0.2, 0.25) is 0 Å². The largest absolute Gasteiger partial charge is 0.370 e. The molecule has 0 fully saturated rings. The minimum atomic E-state index is -3.27. The molecule has 0 rings (SSSR count). The number of hydrogen-bond donors (Lipinski definition) is 0. The van der Waals surface area contributed by atoms with Gasteiger partial charge in [0.25, 0.3) is 0 Å². The average molecular weight is 176 g/mol. The Morgan fingerprint density at radius 2 is 2.09 bits per heavy atom. The van der Waals surface area contributed by atoms with Gasteiger partial charge in [-0.1, -0.05) is 13.8 Å². The van der Waals surface area contributed by atoms with Gasteiger partial charge in [-0.3, -0.25) is 0 Å². The van der Waals surface area contributed by atoms with E-state index in [9.17, 15) is 8.42 Å². The Hall–Kier alpha value is -0.670. The van der Waals surface area contributed by atoms with E-state index >= 15 is 0 Å². The molecule has 0 aliphatic carbocycles. The fraction of sp³-hybridized carbons (Fsp3) is 0.833. The third kappa shape index (κ3) is 5.76. The molecule has 0 aliphatic rings. The summed E-state index contributed by atoms with van der Waals surface area (Å²) in [6, 6.07) is 0. The first-order valence-corrected chi connectivity index (χ1v) is 5.09. The summed E-state index contributed by atoms with van der Waals surface area (Å²) in [6.07, 6.45) is 0.592. The lowest BCUT2D eigenvalue weighted by Crippen LogP contribution is -2.09. The molecule has 0 aromatic carbocycles. The van der Waals surface area contributed by atoms with E-state index in [2.05, 4.69) is 4.79 Å². The van der Waals surface area contributed by atoms with Gasteiger partial charge in [0.05, 0.1) is 5.75 Å². The van der Waals surface area contributed by atoms with Crippen molar-refractivity contribution in [2.75, 3.05) is 5.75 Å². The van der Waals surface area contributed by atoms with Crippen molar-refractivity contribution >= 4 is 15.4 Å². The molecule has 0 bridgehead atoms. The average Bonchev–Trinajstić information content (AvgIpc) is 1.84. The number of nitrogens with zero attached hydrogens (tertiary/aromatic N) is 2. The van der Waals surface area contributed by atoms with Crippen LogP contribution in [0, 0.1) is 5.92 Å². The summed E-state index contributed by atoms with van der Waals surface area (Å²) in [7, 11) is -3.27. The topological polar surface area (TPSA) is 70.5 Å². The van der Waals surface area contributed by atoms with Crippen molar-refractivity contribution in [1.82, 2.24) is 0 Å². The highest BCUT2D eigenvalue weighted by Gasteiger charge is 2.12. The SMILES string of the molecule is CC(C)CCS(=O)(=O)C=[N+]=[N-]. The smallest absolute Gasteiger partial charge is 0.361 e. The molecule has 0 heterocycles. The highest BCUT2D eigenvalue weighted by Crippen LogP contribution is 2.01. The second kappa shape index (κ2) is 4.26. The predicted molar refractivity (Wildman–Crippen MR) is 42.9 cm³/mol. The minimum absolute atomic E-state index is 0.0503. The standard InChI is InChI=1S/C6H12N2O2S/c1-6(2)3-4-11(9,10)5-8-7/h5-6H,3-4H2,1-2H3. The van der Waals surface area contributed by atoms with Gasteiger partial charge in [0.15, 0.2) is 0 Å². The summed E-state index contributed by atoms with van der Waals surface area (Å²) in [5, 5.41) is 0. The second-order valence-electron chi connectivity index (χ2n) is 2.77. The molecule has 64 valence electrons. The monoisotopic (exact) mass is 176 g/mol. The normalized spacial score (nSPS) is 11.2. The molecular weight excluding hydrogens is 164 g/mol. The molecule has 0 unspecified atom stereocenters. The fourth-order valence-corrected chi connectivity index (χ4v) is 1.57. The Morgan fingerprint density at radius 1 is 1.55 bits per heavy atom. The van der Waals surface area contributed by atoms with Gasteiger partial charge in [0.1, 0.15) is 0 Å². The lowest BCUT2D eigenvalue weighted by Gasteiger charge is -1.98. The zero-order valence-electron chi connectivity index (χ0n) is 6.69. The zero-order chi connectivity index (χ0) is 8.91. The molecule has 0 atom stereocenters.